The van der Waals surface area contributed by atoms with Gasteiger partial charge in [-0.25, -0.2) is 8.42 Å². The van der Waals surface area contributed by atoms with Crippen LogP contribution in [0.15, 0.2) is 45.9 Å². The lowest BCUT2D eigenvalue weighted by molar-refractivity contribution is 0.447. The minimum Gasteiger partial charge on any atom is -0.464 e. The predicted molar refractivity (Wildman–Crippen MR) is 87.9 cm³/mol. The molecule has 0 amide bonds. The van der Waals surface area contributed by atoms with Crippen LogP contribution in [0.4, 0.5) is 5.69 Å². The lowest BCUT2D eigenvalue weighted by atomic mass is 9.99. The van der Waals surface area contributed by atoms with Gasteiger partial charge in [-0.15, -0.1) is 0 Å². The smallest absolute Gasteiger partial charge is 0.176 e. The molecular weight excluding hydrogens is 298 g/mol. The van der Waals surface area contributed by atoms with Crippen molar-refractivity contribution < 1.29 is 12.8 Å². The number of sulfone groups is 1. The van der Waals surface area contributed by atoms with E-state index in [1.54, 1.807) is 24.5 Å². The van der Waals surface area contributed by atoms with Crippen molar-refractivity contribution in [2.45, 2.75) is 24.7 Å². The van der Waals surface area contributed by atoms with Gasteiger partial charge in [0.25, 0.3) is 0 Å². The molecule has 5 heteroatoms. The van der Waals surface area contributed by atoms with Crippen molar-refractivity contribution in [2.24, 2.45) is 5.92 Å². The molecule has 0 bridgehead atoms. The summed E-state index contributed by atoms with van der Waals surface area (Å²) in [7, 11) is -3.30. The van der Waals surface area contributed by atoms with Crippen LogP contribution in [0.3, 0.4) is 0 Å². The average molecular weight is 319 g/mol. The van der Waals surface area contributed by atoms with E-state index in [4.69, 9.17) is 4.42 Å². The fraction of sp³-hybridized carbons (Fsp3) is 0.412. The van der Waals surface area contributed by atoms with E-state index < -0.39 is 9.84 Å². The molecule has 1 aliphatic heterocycles. The summed E-state index contributed by atoms with van der Waals surface area (Å²) < 4.78 is 29.5. The van der Waals surface area contributed by atoms with Crippen LogP contribution >= 0.6 is 0 Å². The van der Waals surface area contributed by atoms with Crippen molar-refractivity contribution in [2.75, 3.05) is 24.2 Å². The summed E-state index contributed by atoms with van der Waals surface area (Å²) in [6.07, 6.45) is 5.22. The lowest BCUT2D eigenvalue weighted by Crippen LogP contribution is -2.34. The summed E-state index contributed by atoms with van der Waals surface area (Å²) >= 11 is 0. The predicted octanol–water partition coefficient (Wildman–Crippen LogP) is 3.59. The van der Waals surface area contributed by atoms with Crippen molar-refractivity contribution >= 4 is 15.5 Å². The molecule has 1 aromatic heterocycles. The lowest BCUT2D eigenvalue weighted by Gasteiger charge is -2.33. The van der Waals surface area contributed by atoms with Gasteiger partial charge >= 0.3 is 0 Å². The highest BCUT2D eigenvalue weighted by molar-refractivity contribution is 7.90. The molecular formula is C17H21NO3S. The van der Waals surface area contributed by atoms with Gasteiger partial charge in [0.2, 0.25) is 0 Å². The first kappa shape index (κ1) is 15.2. The third kappa shape index (κ3) is 3.04. The Bertz CT molecular complexity index is 750. The first-order chi connectivity index (χ1) is 10.4. The summed E-state index contributed by atoms with van der Waals surface area (Å²) in [6.45, 7) is 4.28. The molecule has 1 unspecified atom stereocenters. The van der Waals surface area contributed by atoms with Gasteiger partial charge in [-0.1, -0.05) is 6.92 Å². The monoisotopic (exact) mass is 319 g/mol. The zero-order valence-electron chi connectivity index (χ0n) is 13.0. The standard InChI is InChI=1S/C17H21NO3S/c1-13-5-3-9-18(12-13)14-7-8-17(22(2,19)20)15(11-14)16-6-4-10-21-16/h4,6-8,10-11,13H,3,5,9,12H2,1-2H3. The summed E-state index contributed by atoms with van der Waals surface area (Å²) in [4.78, 5) is 2.64. The van der Waals surface area contributed by atoms with Crippen LogP contribution < -0.4 is 4.90 Å². The van der Waals surface area contributed by atoms with Gasteiger partial charge in [-0.3, -0.25) is 0 Å². The Balaban J connectivity index is 2.06. The molecule has 2 aromatic rings. The first-order valence-corrected chi connectivity index (χ1v) is 9.47. The topological polar surface area (TPSA) is 50.5 Å². The van der Waals surface area contributed by atoms with Gasteiger partial charge in [-0.05, 0) is 49.1 Å². The molecule has 1 saturated heterocycles. The third-order valence-electron chi connectivity index (χ3n) is 4.17. The molecule has 118 valence electrons. The maximum Gasteiger partial charge on any atom is 0.176 e. The summed E-state index contributed by atoms with van der Waals surface area (Å²) in [6, 6.07) is 9.11. The second-order valence-electron chi connectivity index (χ2n) is 6.12. The second-order valence-corrected chi connectivity index (χ2v) is 8.11. The quantitative estimate of drug-likeness (QED) is 0.867. The van der Waals surface area contributed by atoms with Gasteiger partial charge in [0.1, 0.15) is 5.76 Å². The number of rotatable bonds is 3. The van der Waals surface area contributed by atoms with Gasteiger partial charge in [0, 0.05) is 30.6 Å². The van der Waals surface area contributed by atoms with Crippen molar-refractivity contribution in [3.8, 4) is 11.3 Å². The van der Waals surface area contributed by atoms with Crippen molar-refractivity contribution in [1.29, 1.82) is 0 Å². The molecule has 22 heavy (non-hydrogen) atoms. The van der Waals surface area contributed by atoms with Gasteiger partial charge < -0.3 is 9.32 Å². The molecule has 1 aromatic carbocycles. The zero-order chi connectivity index (χ0) is 15.7. The van der Waals surface area contributed by atoms with E-state index in [0.29, 0.717) is 22.1 Å². The Hall–Kier alpha value is -1.75. The van der Waals surface area contributed by atoms with Gasteiger partial charge in [0.15, 0.2) is 9.84 Å². The number of hydrogen-bond donors (Lipinski definition) is 0. The Morgan fingerprint density at radius 3 is 2.73 bits per heavy atom. The highest BCUT2D eigenvalue weighted by Gasteiger charge is 2.21. The van der Waals surface area contributed by atoms with Crippen LogP contribution in [0, 0.1) is 5.92 Å². The van der Waals surface area contributed by atoms with E-state index in [2.05, 4.69) is 11.8 Å². The van der Waals surface area contributed by atoms with E-state index in [-0.39, 0.29) is 0 Å². The van der Waals surface area contributed by atoms with Crippen LogP contribution in [-0.2, 0) is 9.84 Å². The van der Waals surface area contributed by atoms with Crippen LogP contribution in [0.25, 0.3) is 11.3 Å². The fourth-order valence-corrected chi connectivity index (χ4v) is 3.96. The number of nitrogens with zero attached hydrogens (tertiary/aromatic N) is 1. The minimum atomic E-state index is -3.30. The van der Waals surface area contributed by atoms with Crippen LogP contribution in [0.5, 0.6) is 0 Å². The molecule has 3 rings (SSSR count). The molecule has 0 saturated carbocycles. The number of hydrogen-bond acceptors (Lipinski definition) is 4. The Labute approximate surface area is 131 Å². The SMILES string of the molecule is CC1CCCN(c2ccc(S(C)(=O)=O)c(-c3ccco3)c2)C1. The number of benzene rings is 1. The van der Waals surface area contributed by atoms with E-state index in [1.807, 2.05) is 12.1 Å². The maximum absolute atomic E-state index is 12.0. The molecule has 1 aliphatic rings. The maximum atomic E-state index is 12.0. The summed E-state index contributed by atoms with van der Waals surface area (Å²) in [5, 5.41) is 0. The Kier molecular flexibility index (Phi) is 4.00. The van der Waals surface area contributed by atoms with Gasteiger partial charge in [-0.2, -0.15) is 0 Å². The van der Waals surface area contributed by atoms with Crippen LogP contribution in [0.2, 0.25) is 0 Å². The molecule has 4 nitrogen and oxygen atoms in total. The fourth-order valence-electron chi connectivity index (χ4n) is 3.09. The average Bonchev–Trinajstić information content (AvgIpc) is 3.00. The minimum absolute atomic E-state index is 0.316. The Morgan fingerprint density at radius 1 is 1.27 bits per heavy atom. The van der Waals surface area contributed by atoms with E-state index in [9.17, 15) is 8.42 Å². The third-order valence-corrected chi connectivity index (χ3v) is 5.33. The molecule has 1 fully saturated rings. The number of anilines is 1. The summed E-state index contributed by atoms with van der Waals surface area (Å²) in [5.41, 5.74) is 1.70. The highest BCUT2D eigenvalue weighted by atomic mass is 32.2. The van der Waals surface area contributed by atoms with Crippen molar-refractivity contribution in [1.82, 2.24) is 0 Å². The number of furan rings is 1. The number of piperidine rings is 1. The van der Waals surface area contributed by atoms with Crippen molar-refractivity contribution in [3.05, 3.63) is 36.6 Å². The molecule has 0 radical (unpaired) electrons. The van der Waals surface area contributed by atoms with E-state index in [1.165, 1.54) is 19.1 Å². The largest absolute Gasteiger partial charge is 0.464 e. The molecule has 0 spiro atoms. The highest BCUT2D eigenvalue weighted by Crippen LogP contribution is 2.33. The van der Waals surface area contributed by atoms with Crippen LogP contribution in [0.1, 0.15) is 19.8 Å². The second kappa shape index (κ2) is 5.80. The molecule has 1 atom stereocenters. The normalized spacial score (nSPS) is 19.4. The van der Waals surface area contributed by atoms with Crippen LogP contribution in [-0.4, -0.2) is 27.8 Å². The molecule has 2 heterocycles. The van der Waals surface area contributed by atoms with E-state index >= 15 is 0 Å². The first-order valence-electron chi connectivity index (χ1n) is 7.58. The zero-order valence-corrected chi connectivity index (χ0v) is 13.8. The molecule has 0 aliphatic carbocycles. The van der Waals surface area contributed by atoms with E-state index in [0.717, 1.165) is 18.8 Å². The van der Waals surface area contributed by atoms with Crippen molar-refractivity contribution in [3.63, 3.8) is 0 Å². The summed E-state index contributed by atoms with van der Waals surface area (Å²) in [5.74, 6) is 1.25. The van der Waals surface area contributed by atoms with Gasteiger partial charge in [0.05, 0.1) is 11.2 Å². The Morgan fingerprint density at radius 2 is 2.09 bits per heavy atom. The molecule has 0 N–H and O–H groups in total.